The maximum Gasteiger partial charge on any atom is 0.143 e. The number of nitrogens with zero attached hydrogens (tertiary/aromatic N) is 1. The zero-order valence-electron chi connectivity index (χ0n) is 8.60. The molecule has 13 heavy (non-hydrogen) atoms. The molecule has 3 heteroatoms. The van der Waals surface area contributed by atoms with Gasteiger partial charge in [-0.15, -0.1) is 11.6 Å². The summed E-state index contributed by atoms with van der Waals surface area (Å²) in [6.07, 6.45) is 0. The summed E-state index contributed by atoms with van der Waals surface area (Å²) in [4.78, 5) is 0. The molecule has 0 radical (unpaired) electrons. The summed E-state index contributed by atoms with van der Waals surface area (Å²) in [5, 5.41) is 4.05. The second-order valence-corrected chi connectivity index (χ2v) is 4.12. The van der Waals surface area contributed by atoms with E-state index in [0.29, 0.717) is 17.7 Å². The Bertz CT molecular complexity index is 253. The molecule has 0 aromatic carbocycles. The number of rotatable bonds is 3. The maximum atomic E-state index is 5.87. The van der Waals surface area contributed by atoms with Crippen molar-refractivity contribution < 1.29 is 4.52 Å². The van der Waals surface area contributed by atoms with E-state index >= 15 is 0 Å². The SMILES string of the molecule is CC(C)c1noc(C(C)C)c1CCl. The molecule has 0 spiro atoms. The van der Waals surface area contributed by atoms with Crippen LogP contribution in [0.5, 0.6) is 0 Å². The summed E-state index contributed by atoms with van der Waals surface area (Å²) in [5.41, 5.74) is 2.07. The highest BCUT2D eigenvalue weighted by atomic mass is 35.5. The molecular formula is C10H16ClNO. The molecule has 0 saturated carbocycles. The number of hydrogen-bond donors (Lipinski definition) is 0. The van der Waals surface area contributed by atoms with Crippen LogP contribution in [0.4, 0.5) is 0 Å². The lowest BCUT2D eigenvalue weighted by atomic mass is 10.0. The fourth-order valence-corrected chi connectivity index (χ4v) is 1.65. The predicted molar refractivity (Wildman–Crippen MR) is 54.2 cm³/mol. The minimum atomic E-state index is 0.355. The molecule has 0 amide bonds. The Hall–Kier alpha value is -0.500. The van der Waals surface area contributed by atoms with Crippen molar-refractivity contribution >= 4 is 11.6 Å². The van der Waals surface area contributed by atoms with Gasteiger partial charge in [0, 0.05) is 11.5 Å². The van der Waals surface area contributed by atoms with Crippen LogP contribution in [-0.2, 0) is 5.88 Å². The Labute approximate surface area is 84.3 Å². The zero-order chi connectivity index (χ0) is 10.0. The smallest absolute Gasteiger partial charge is 0.143 e. The van der Waals surface area contributed by atoms with Gasteiger partial charge < -0.3 is 4.52 Å². The topological polar surface area (TPSA) is 26.0 Å². The molecule has 0 aliphatic rings. The Balaban J connectivity index is 3.10. The van der Waals surface area contributed by atoms with Crippen LogP contribution in [-0.4, -0.2) is 5.16 Å². The van der Waals surface area contributed by atoms with Gasteiger partial charge >= 0.3 is 0 Å². The molecule has 1 aromatic heterocycles. The Morgan fingerprint density at radius 2 is 1.85 bits per heavy atom. The summed E-state index contributed by atoms with van der Waals surface area (Å²) in [6, 6.07) is 0. The molecule has 0 saturated heterocycles. The second kappa shape index (κ2) is 4.14. The van der Waals surface area contributed by atoms with Crippen LogP contribution in [0.3, 0.4) is 0 Å². The van der Waals surface area contributed by atoms with Crippen LogP contribution in [0.2, 0.25) is 0 Å². The van der Waals surface area contributed by atoms with Gasteiger partial charge in [0.1, 0.15) is 5.76 Å². The molecule has 74 valence electrons. The minimum Gasteiger partial charge on any atom is -0.361 e. The van der Waals surface area contributed by atoms with Crippen molar-refractivity contribution in [2.75, 3.05) is 0 Å². The van der Waals surface area contributed by atoms with Crippen LogP contribution in [0, 0.1) is 0 Å². The summed E-state index contributed by atoms with van der Waals surface area (Å²) in [7, 11) is 0. The molecule has 0 atom stereocenters. The third-order valence-corrected chi connectivity index (χ3v) is 2.32. The van der Waals surface area contributed by atoms with E-state index in [2.05, 4.69) is 32.9 Å². The van der Waals surface area contributed by atoms with Gasteiger partial charge in [-0.05, 0) is 5.92 Å². The van der Waals surface area contributed by atoms with Crippen molar-refractivity contribution in [3.8, 4) is 0 Å². The van der Waals surface area contributed by atoms with E-state index in [0.717, 1.165) is 17.0 Å². The van der Waals surface area contributed by atoms with Crippen LogP contribution < -0.4 is 0 Å². The number of alkyl halides is 1. The largest absolute Gasteiger partial charge is 0.361 e. The van der Waals surface area contributed by atoms with Crippen LogP contribution in [0.15, 0.2) is 4.52 Å². The van der Waals surface area contributed by atoms with Crippen LogP contribution in [0.1, 0.15) is 56.5 Å². The van der Waals surface area contributed by atoms with Gasteiger partial charge in [-0.1, -0.05) is 32.9 Å². The van der Waals surface area contributed by atoms with E-state index in [-0.39, 0.29) is 0 Å². The van der Waals surface area contributed by atoms with Crippen molar-refractivity contribution in [2.45, 2.75) is 45.4 Å². The molecule has 1 aromatic rings. The van der Waals surface area contributed by atoms with Crippen molar-refractivity contribution in [1.82, 2.24) is 5.16 Å². The van der Waals surface area contributed by atoms with E-state index in [9.17, 15) is 0 Å². The third kappa shape index (κ3) is 2.05. The molecule has 1 rings (SSSR count). The minimum absolute atomic E-state index is 0.355. The summed E-state index contributed by atoms with van der Waals surface area (Å²) >= 11 is 5.87. The van der Waals surface area contributed by atoms with Gasteiger partial charge in [-0.3, -0.25) is 0 Å². The monoisotopic (exact) mass is 201 g/mol. The predicted octanol–water partition coefficient (Wildman–Crippen LogP) is 3.66. The zero-order valence-corrected chi connectivity index (χ0v) is 9.35. The van der Waals surface area contributed by atoms with Gasteiger partial charge in [0.2, 0.25) is 0 Å². The normalized spacial score (nSPS) is 11.6. The summed E-state index contributed by atoms with van der Waals surface area (Å²) in [6.45, 7) is 8.36. The lowest BCUT2D eigenvalue weighted by Gasteiger charge is -2.04. The fourth-order valence-electron chi connectivity index (χ4n) is 1.38. The summed E-state index contributed by atoms with van der Waals surface area (Å²) < 4.78 is 5.27. The lowest BCUT2D eigenvalue weighted by molar-refractivity contribution is 0.363. The van der Waals surface area contributed by atoms with E-state index in [4.69, 9.17) is 16.1 Å². The average Bonchev–Trinajstić information content (AvgIpc) is 2.46. The average molecular weight is 202 g/mol. The van der Waals surface area contributed by atoms with Gasteiger partial charge in [0.25, 0.3) is 0 Å². The lowest BCUT2D eigenvalue weighted by Crippen LogP contribution is -1.95. The number of halogens is 1. The third-order valence-electron chi connectivity index (χ3n) is 2.05. The first-order chi connectivity index (χ1) is 6.07. The molecule has 0 N–H and O–H groups in total. The van der Waals surface area contributed by atoms with E-state index in [1.165, 1.54) is 0 Å². The molecule has 0 aliphatic heterocycles. The summed E-state index contributed by atoms with van der Waals surface area (Å²) in [5.74, 6) is 2.15. The number of hydrogen-bond acceptors (Lipinski definition) is 2. The van der Waals surface area contributed by atoms with Crippen LogP contribution >= 0.6 is 11.6 Å². The van der Waals surface area contributed by atoms with E-state index < -0.39 is 0 Å². The number of aromatic nitrogens is 1. The van der Waals surface area contributed by atoms with Crippen molar-refractivity contribution in [1.29, 1.82) is 0 Å². The van der Waals surface area contributed by atoms with Crippen molar-refractivity contribution in [2.24, 2.45) is 0 Å². The second-order valence-electron chi connectivity index (χ2n) is 3.85. The van der Waals surface area contributed by atoms with Crippen molar-refractivity contribution in [3.63, 3.8) is 0 Å². The first-order valence-electron chi connectivity index (χ1n) is 4.62. The molecule has 0 fully saturated rings. The molecule has 1 heterocycles. The van der Waals surface area contributed by atoms with E-state index in [1.54, 1.807) is 0 Å². The van der Waals surface area contributed by atoms with Crippen LogP contribution in [0.25, 0.3) is 0 Å². The van der Waals surface area contributed by atoms with Gasteiger partial charge in [0.15, 0.2) is 0 Å². The maximum absolute atomic E-state index is 5.87. The van der Waals surface area contributed by atoms with E-state index in [1.807, 2.05) is 0 Å². The molecule has 0 aliphatic carbocycles. The van der Waals surface area contributed by atoms with Crippen molar-refractivity contribution in [3.05, 3.63) is 17.0 Å². The highest BCUT2D eigenvalue weighted by Gasteiger charge is 2.19. The highest BCUT2D eigenvalue weighted by molar-refractivity contribution is 6.17. The molecular weight excluding hydrogens is 186 g/mol. The van der Waals surface area contributed by atoms with Gasteiger partial charge in [0.05, 0.1) is 11.6 Å². The Morgan fingerprint density at radius 1 is 1.23 bits per heavy atom. The molecule has 2 nitrogen and oxygen atoms in total. The quantitative estimate of drug-likeness (QED) is 0.698. The Morgan fingerprint density at radius 3 is 2.23 bits per heavy atom. The molecule has 0 bridgehead atoms. The Kier molecular flexibility index (Phi) is 3.37. The standard InChI is InChI=1S/C10H16ClNO/c1-6(2)9-8(5-11)10(7(3)4)13-12-9/h6-7H,5H2,1-4H3. The highest BCUT2D eigenvalue weighted by Crippen LogP contribution is 2.28. The molecule has 0 unspecified atom stereocenters. The first-order valence-corrected chi connectivity index (χ1v) is 5.15. The van der Waals surface area contributed by atoms with Gasteiger partial charge in [-0.2, -0.15) is 0 Å². The first kappa shape index (κ1) is 10.6. The van der Waals surface area contributed by atoms with Gasteiger partial charge in [-0.25, -0.2) is 0 Å². The fraction of sp³-hybridized carbons (Fsp3) is 0.700.